The van der Waals surface area contributed by atoms with E-state index in [2.05, 4.69) is 11.3 Å². The number of thioether (sulfide) groups is 1. The Labute approximate surface area is 171 Å². The van der Waals surface area contributed by atoms with Gasteiger partial charge in [-0.2, -0.15) is 8.42 Å². The summed E-state index contributed by atoms with van der Waals surface area (Å²) in [5.74, 6) is 0. The minimum Gasteiger partial charge on any atom is -0.445 e. The van der Waals surface area contributed by atoms with Crippen LogP contribution < -0.4 is 9.86 Å². The van der Waals surface area contributed by atoms with Gasteiger partial charge in [0.1, 0.15) is 6.61 Å². The lowest BCUT2D eigenvalue weighted by molar-refractivity contribution is -0.384. The van der Waals surface area contributed by atoms with Crippen LogP contribution in [0.2, 0.25) is 0 Å². The van der Waals surface area contributed by atoms with Crippen molar-refractivity contribution in [2.45, 2.75) is 17.7 Å². The van der Waals surface area contributed by atoms with Gasteiger partial charge in [0, 0.05) is 42.1 Å². The molecule has 2 rings (SSSR count). The molecule has 0 spiro atoms. The number of nitro groups is 1. The number of nitro benzene ring substituents is 1. The molecule has 1 saturated heterocycles. The lowest BCUT2D eigenvalue weighted by Crippen LogP contribution is -2.44. The van der Waals surface area contributed by atoms with E-state index in [0.29, 0.717) is 6.42 Å². The largest absolute Gasteiger partial charge is 0.445 e. The monoisotopic (exact) mass is 444 g/mol. The van der Waals surface area contributed by atoms with Crippen LogP contribution in [-0.2, 0) is 14.9 Å². The predicted octanol–water partition coefficient (Wildman–Crippen LogP) is 1.03. The maximum Gasteiger partial charge on any atom is 0.410 e. The molecule has 0 bridgehead atoms. The van der Waals surface area contributed by atoms with E-state index in [-0.39, 0.29) is 41.3 Å². The van der Waals surface area contributed by atoms with Gasteiger partial charge < -0.3 is 9.64 Å². The highest BCUT2D eigenvalue weighted by Gasteiger charge is 2.38. The fraction of sp³-hybridized carbons (Fsp3) is 0.375. The average Bonchev–Trinajstić information content (AvgIpc) is 3.06. The van der Waals surface area contributed by atoms with Crippen molar-refractivity contribution in [3.63, 3.8) is 0 Å². The number of amides is 1. The summed E-state index contributed by atoms with van der Waals surface area (Å²) in [5, 5.41) is 15.0. The van der Waals surface area contributed by atoms with Crippen LogP contribution in [0.4, 0.5) is 10.5 Å². The van der Waals surface area contributed by atoms with Crippen molar-refractivity contribution in [1.29, 1.82) is 0 Å². The Hall–Kier alpha value is -2.48. The van der Waals surface area contributed by atoms with Crippen LogP contribution in [0.25, 0.3) is 0 Å². The highest BCUT2D eigenvalue weighted by atomic mass is 32.2. The summed E-state index contributed by atoms with van der Waals surface area (Å²) in [6.07, 6.45) is 1.07. The molecular weight excluding hydrogens is 424 g/mol. The molecule has 0 unspecified atom stereocenters. The lowest BCUT2D eigenvalue weighted by atomic mass is 10.2. The summed E-state index contributed by atoms with van der Waals surface area (Å²) in [6, 6.07) is 4.64. The fourth-order valence-corrected chi connectivity index (χ4v) is 4.29. The van der Waals surface area contributed by atoms with Crippen LogP contribution in [0.15, 0.2) is 36.9 Å². The molecule has 0 saturated carbocycles. The standard InChI is InChI=1S/C16H20N4O7S2/c1-2-7-27-16(22)19-10-14(8-13(19)9-18-29(17,25)26)28-15(21)11-3-5-12(6-4-11)20(23)24/h2-6,13-14,18H,1,7-10H2,(H2,17,25,26)/t13-,14-/m0/s1. The first-order valence-corrected chi connectivity index (χ1v) is 10.8. The third kappa shape index (κ3) is 6.81. The average molecular weight is 444 g/mol. The first kappa shape index (κ1) is 22.8. The van der Waals surface area contributed by atoms with E-state index in [1.807, 2.05) is 0 Å². The molecule has 1 aliphatic heterocycles. The van der Waals surface area contributed by atoms with Gasteiger partial charge in [-0.3, -0.25) is 14.9 Å². The topological polar surface area (TPSA) is 162 Å². The zero-order valence-electron chi connectivity index (χ0n) is 15.2. The maximum atomic E-state index is 12.5. The second-order valence-electron chi connectivity index (χ2n) is 6.13. The first-order valence-electron chi connectivity index (χ1n) is 8.38. The van der Waals surface area contributed by atoms with E-state index in [1.165, 1.54) is 35.2 Å². The van der Waals surface area contributed by atoms with Crippen molar-refractivity contribution in [3.05, 3.63) is 52.6 Å². The number of nitrogens with zero attached hydrogens (tertiary/aromatic N) is 2. The Morgan fingerprint density at radius 1 is 1.41 bits per heavy atom. The molecule has 158 valence electrons. The predicted molar refractivity (Wildman–Crippen MR) is 107 cm³/mol. The van der Waals surface area contributed by atoms with Crippen LogP contribution in [0, 0.1) is 10.1 Å². The van der Waals surface area contributed by atoms with Gasteiger partial charge in [0.2, 0.25) is 5.12 Å². The molecule has 0 aliphatic carbocycles. The van der Waals surface area contributed by atoms with Crippen LogP contribution in [0.3, 0.4) is 0 Å². The number of likely N-dealkylation sites (tertiary alicyclic amines) is 1. The summed E-state index contributed by atoms with van der Waals surface area (Å²) < 4.78 is 29.5. The van der Waals surface area contributed by atoms with Gasteiger partial charge in [-0.05, 0) is 18.6 Å². The van der Waals surface area contributed by atoms with Crippen molar-refractivity contribution in [2.24, 2.45) is 5.14 Å². The van der Waals surface area contributed by atoms with Gasteiger partial charge >= 0.3 is 6.09 Å². The summed E-state index contributed by atoms with van der Waals surface area (Å²) in [7, 11) is -3.95. The van der Waals surface area contributed by atoms with E-state index in [4.69, 9.17) is 9.88 Å². The number of rotatable bonds is 8. The van der Waals surface area contributed by atoms with E-state index < -0.39 is 27.3 Å². The molecule has 1 aromatic rings. The SMILES string of the molecule is C=CCOC(=O)N1C[C@@H](SC(=O)c2ccc([N+](=O)[O-])cc2)C[C@H]1CNS(N)(=O)=O. The van der Waals surface area contributed by atoms with E-state index in [9.17, 15) is 28.1 Å². The van der Waals surface area contributed by atoms with Crippen molar-refractivity contribution in [2.75, 3.05) is 19.7 Å². The van der Waals surface area contributed by atoms with Crippen LogP contribution >= 0.6 is 11.8 Å². The number of hydrogen-bond acceptors (Lipinski definition) is 8. The molecule has 11 nitrogen and oxygen atoms in total. The van der Waals surface area contributed by atoms with Gasteiger partial charge in [-0.15, -0.1) is 0 Å². The Morgan fingerprint density at radius 3 is 2.62 bits per heavy atom. The number of benzene rings is 1. The van der Waals surface area contributed by atoms with Gasteiger partial charge in [-0.1, -0.05) is 24.4 Å². The normalized spacial score (nSPS) is 19.0. The zero-order chi connectivity index (χ0) is 21.6. The molecule has 29 heavy (non-hydrogen) atoms. The molecule has 1 aromatic carbocycles. The van der Waals surface area contributed by atoms with Gasteiger partial charge in [0.05, 0.1) is 4.92 Å². The first-order chi connectivity index (χ1) is 13.6. The molecule has 1 amide bonds. The lowest BCUT2D eigenvalue weighted by Gasteiger charge is -2.23. The highest BCUT2D eigenvalue weighted by molar-refractivity contribution is 8.14. The third-order valence-corrected chi connectivity index (χ3v) is 5.74. The zero-order valence-corrected chi connectivity index (χ0v) is 16.9. The van der Waals surface area contributed by atoms with Crippen LogP contribution in [-0.4, -0.2) is 60.4 Å². The van der Waals surface area contributed by atoms with Crippen molar-refractivity contribution in [1.82, 2.24) is 9.62 Å². The molecule has 2 atom stereocenters. The van der Waals surface area contributed by atoms with Gasteiger partial charge in [0.15, 0.2) is 0 Å². The van der Waals surface area contributed by atoms with Crippen molar-refractivity contribution in [3.8, 4) is 0 Å². The Balaban J connectivity index is 2.05. The second-order valence-corrected chi connectivity index (χ2v) is 8.78. The van der Waals surface area contributed by atoms with E-state index in [1.54, 1.807) is 0 Å². The molecular formula is C16H20N4O7S2. The number of nitrogens with one attached hydrogen (secondary N) is 1. The number of ether oxygens (including phenoxy) is 1. The van der Waals surface area contributed by atoms with Crippen molar-refractivity contribution < 1.29 is 27.7 Å². The molecule has 3 N–H and O–H groups in total. The molecule has 0 radical (unpaired) electrons. The minimum absolute atomic E-state index is 0.00972. The fourth-order valence-electron chi connectivity index (χ4n) is 2.74. The quantitative estimate of drug-likeness (QED) is 0.341. The molecule has 0 aromatic heterocycles. The summed E-state index contributed by atoms with van der Waals surface area (Å²) in [6.45, 7) is 3.49. The van der Waals surface area contributed by atoms with E-state index >= 15 is 0 Å². The summed E-state index contributed by atoms with van der Waals surface area (Å²) in [5.41, 5.74) is 0.158. The summed E-state index contributed by atoms with van der Waals surface area (Å²) in [4.78, 5) is 36.2. The number of nitrogens with two attached hydrogens (primary N) is 1. The Kier molecular flexibility index (Phi) is 7.73. The highest BCUT2D eigenvalue weighted by Crippen LogP contribution is 2.30. The van der Waals surface area contributed by atoms with Gasteiger partial charge in [-0.25, -0.2) is 14.7 Å². The Bertz CT molecular complexity index is 889. The number of hydrogen-bond donors (Lipinski definition) is 2. The van der Waals surface area contributed by atoms with Crippen molar-refractivity contribution >= 4 is 38.9 Å². The third-order valence-electron chi connectivity index (χ3n) is 4.04. The smallest absolute Gasteiger partial charge is 0.410 e. The summed E-state index contributed by atoms with van der Waals surface area (Å²) >= 11 is 0.970. The maximum absolute atomic E-state index is 12.5. The minimum atomic E-state index is -3.95. The number of non-ortho nitro benzene ring substituents is 1. The van der Waals surface area contributed by atoms with Gasteiger partial charge in [0.25, 0.3) is 15.9 Å². The van der Waals surface area contributed by atoms with Crippen LogP contribution in [0.5, 0.6) is 0 Å². The van der Waals surface area contributed by atoms with E-state index in [0.717, 1.165) is 11.8 Å². The number of carbonyl (C=O) groups excluding carboxylic acids is 2. The Morgan fingerprint density at radius 2 is 2.07 bits per heavy atom. The second kappa shape index (κ2) is 9.82. The van der Waals surface area contributed by atoms with Crippen LogP contribution in [0.1, 0.15) is 16.8 Å². The molecule has 1 heterocycles. The number of carbonyl (C=O) groups is 2. The molecule has 1 fully saturated rings. The molecule has 13 heteroatoms. The molecule has 1 aliphatic rings.